The quantitative estimate of drug-likeness (QED) is 0.832. The third-order valence-electron chi connectivity index (χ3n) is 2.82. The first-order valence-corrected chi connectivity index (χ1v) is 8.22. The summed E-state index contributed by atoms with van der Waals surface area (Å²) in [6.07, 6.45) is 3.65. The monoisotopic (exact) mass is 304 g/mol. The number of sulfonamides is 1. The number of hydrogen-bond donors (Lipinski definition) is 1. The fraction of sp³-hybridized carbons (Fsp3) is 0.200. The van der Waals surface area contributed by atoms with Crippen molar-refractivity contribution in [1.82, 2.24) is 4.98 Å². The molecule has 2 rings (SSSR count). The van der Waals surface area contributed by atoms with E-state index in [1.54, 1.807) is 49.5 Å². The molecule has 0 aliphatic rings. The van der Waals surface area contributed by atoms with Crippen molar-refractivity contribution >= 4 is 21.5 Å². The smallest absolute Gasteiger partial charge is 0.232 e. The molecule has 1 heterocycles. The lowest BCUT2D eigenvalue weighted by atomic mass is 10.1. The third kappa shape index (κ3) is 4.13. The van der Waals surface area contributed by atoms with Crippen LogP contribution in [0.1, 0.15) is 29.3 Å². The Morgan fingerprint density at radius 3 is 2.43 bits per heavy atom. The van der Waals surface area contributed by atoms with Crippen molar-refractivity contribution in [2.45, 2.75) is 13.3 Å². The summed E-state index contributed by atoms with van der Waals surface area (Å²) in [5.41, 5.74) is 1.43. The van der Waals surface area contributed by atoms with Gasteiger partial charge in [-0.3, -0.25) is 14.5 Å². The number of rotatable bonds is 6. The van der Waals surface area contributed by atoms with E-state index in [0.29, 0.717) is 23.2 Å². The van der Waals surface area contributed by atoms with Gasteiger partial charge >= 0.3 is 0 Å². The van der Waals surface area contributed by atoms with Gasteiger partial charge in [0.15, 0.2) is 5.78 Å². The van der Waals surface area contributed by atoms with E-state index in [-0.39, 0.29) is 11.5 Å². The van der Waals surface area contributed by atoms with Crippen LogP contribution >= 0.6 is 0 Å². The predicted molar refractivity (Wildman–Crippen MR) is 81.8 cm³/mol. The fourth-order valence-electron chi connectivity index (χ4n) is 1.85. The van der Waals surface area contributed by atoms with Crippen LogP contribution in [-0.2, 0) is 10.0 Å². The maximum Gasteiger partial charge on any atom is 0.232 e. The molecule has 0 saturated carbocycles. The van der Waals surface area contributed by atoms with Crippen LogP contribution in [-0.4, -0.2) is 24.9 Å². The normalized spacial score (nSPS) is 11.1. The summed E-state index contributed by atoms with van der Waals surface area (Å²) < 4.78 is 25.8. The van der Waals surface area contributed by atoms with Gasteiger partial charge < -0.3 is 0 Å². The molecular formula is C15H16N2O3S. The first-order valence-electron chi connectivity index (χ1n) is 6.57. The molecular weight excluding hydrogens is 288 g/mol. The lowest BCUT2D eigenvalue weighted by molar-refractivity contribution is 0.103. The van der Waals surface area contributed by atoms with Gasteiger partial charge in [-0.1, -0.05) is 6.92 Å². The summed E-state index contributed by atoms with van der Waals surface area (Å²) in [6.45, 7) is 1.80. The summed E-state index contributed by atoms with van der Waals surface area (Å²) in [5, 5.41) is 0. The molecule has 0 fully saturated rings. The molecule has 0 saturated heterocycles. The molecule has 110 valence electrons. The number of ketones is 1. The molecule has 0 spiro atoms. The maximum atomic E-state index is 12.2. The van der Waals surface area contributed by atoms with E-state index in [9.17, 15) is 13.2 Å². The van der Waals surface area contributed by atoms with Crippen molar-refractivity contribution in [2.24, 2.45) is 0 Å². The van der Waals surface area contributed by atoms with Crippen LogP contribution in [0.4, 0.5) is 5.69 Å². The molecule has 1 N–H and O–H groups in total. The Morgan fingerprint density at radius 1 is 1.14 bits per heavy atom. The molecule has 21 heavy (non-hydrogen) atoms. The molecule has 1 aromatic heterocycles. The van der Waals surface area contributed by atoms with Crippen LogP contribution in [0.15, 0.2) is 48.8 Å². The Balaban J connectivity index is 2.14. The van der Waals surface area contributed by atoms with Crippen LogP contribution in [0.2, 0.25) is 0 Å². The topological polar surface area (TPSA) is 76.1 Å². The molecule has 0 unspecified atom stereocenters. The number of carbonyl (C=O) groups is 1. The molecule has 0 aliphatic heterocycles. The van der Waals surface area contributed by atoms with Crippen molar-refractivity contribution in [2.75, 3.05) is 10.5 Å². The van der Waals surface area contributed by atoms with Crippen LogP contribution < -0.4 is 4.72 Å². The standard InChI is InChI=1S/C15H16N2O3S/c1-2-10-21(19,20)17-14-7-5-12(6-8-14)15(18)13-4-3-9-16-11-13/h3-9,11,17H,2,10H2,1H3. The molecule has 0 aliphatic carbocycles. The number of nitrogens with zero attached hydrogens (tertiary/aromatic N) is 1. The number of anilines is 1. The van der Waals surface area contributed by atoms with E-state index in [4.69, 9.17) is 0 Å². The SMILES string of the molecule is CCCS(=O)(=O)Nc1ccc(C(=O)c2cccnc2)cc1. The Kier molecular flexibility index (Phi) is 4.70. The molecule has 0 atom stereocenters. The predicted octanol–water partition coefficient (Wildman–Crippen LogP) is 2.46. The lowest BCUT2D eigenvalue weighted by Crippen LogP contribution is -2.16. The average molecular weight is 304 g/mol. The van der Waals surface area contributed by atoms with E-state index in [2.05, 4.69) is 9.71 Å². The minimum Gasteiger partial charge on any atom is -0.289 e. The van der Waals surface area contributed by atoms with Gasteiger partial charge in [0.05, 0.1) is 5.75 Å². The van der Waals surface area contributed by atoms with E-state index in [0.717, 1.165) is 0 Å². The van der Waals surface area contributed by atoms with Crippen molar-refractivity contribution in [3.05, 3.63) is 59.9 Å². The first kappa shape index (κ1) is 15.2. The van der Waals surface area contributed by atoms with Crippen LogP contribution in [0, 0.1) is 0 Å². The molecule has 5 nitrogen and oxygen atoms in total. The number of hydrogen-bond acceptors (Lipinski definition) is 4. The molecule has 1 aromatic carbocycles. The minimum atomic E-state index is -3.31. The van der Waals surface area contributed by atoms with Gasteiger partial charge in [0, 0.05) is 29.2 Å². The van der Waals surface area contributed by atoms with Gasteiger partial charge in [0.25, 0.3) is 0 Å². The number of aromatic nitrogens is 1. The Bertz CT molecular complexity index is 710. The number of benzene rings is 1. The van der Waals surface area contributed by atoms with Crippen LogP contribution in [0.5, 0.6) is 0 Å². The van der Waals surface area contributed by atoms with Crippen molar-refractivity contribution in [3.8, 4) is 0 Å². The summed E-state index contributed by atoms with van der Waals surface area (Å²) >= 11 is 0. The highest BCUT2D eigenvalue weighted by Crippen LogP contribution is 2.14. The molecule has 0 radical (unpaired) electrons. The van der Waals surface area contributed by atoms with Gasteiger partial charge in [-0.2, -0.15) is 0 Å². The Hall–Kier alpha value is -2.21. The average Bonchev–Trinajstić information content (AvgIpc) is 2.48. The molecule has 0 bridgehead atoms. The third-order valence-corrected chi connectivity index (χ3v) is 4.31. The highest BCUT2D eigenvalue weighted by Gasteiger charge is 2.11. The number of carbonyl (C=O) groups excluding carboxylic acids is 1. The zero-order chi connectivity index (χ0) is 15.3. The summed E-state index contributed by atoms with van der Waals surface area (Å²) in [4.78, 5) is 16.1. The van der Waals surface area contributed by atoms with E-state index >= 15 is 0 Å². The molecule has 0 amide bonds. The van der Waals surface area contributed by atoms with Crippen molar-refractivity contribution in [3.63, 3.8) is 0 Å². The summed E-state index contributed by atoms with van der Waals surface area (Å²) in [6, 6.07) is 9.74. The fourth-order valence-corrected chi connectivity index (χ4v) is 2.99. The number of nitrogens with one attached hydrogen (secondary N) is 1. The van der Waals surface area contributed by atoms with Crippen molar-refractivity contribution in [1.29, 1.82) is 0 Å². The first-order chi connectivity index (χ1) is 10.0. The van der Waals surface area contributed by atoms with E-state index < -0.39 is 10.0 Å². The van der Waals surface area contributed by atoms with Crippen molar-refractivity contribution < 1.29 is 13.2 Å². The van der Waals surface area contributed by atoms with Gasteiger partial charge in [-0.25, -0.2) is 8.42 Å². The second-order valence-electron chi connectivity index (χ2n) is 4.57. The largest absolute Gasteiger partial charge is 0.289 e. The zero-order valence-electron chi connectivity index (χ0n) is 11.6. The lowest BCUT2D eigenvalue weighted by Gasteiger charge is -2.07. The molecule has 2 aromatic rings. The highest BCUT2D eigenvalue weighted by atomic mass is 32.2. The second-order valence-corrected chi connectivity index (χ2v) is 6.41. The Morgan fingerprint density at radius 2 is 1.86 bits per heavy atom. The van der Waals surface area contributed by atoms with Gasteiger partial charge in [0.1, 0.15) is 0 Å². The van der Waals surface area contributed by atoms with Crippen LogP contribution in [0.25, 0.3) is 0 Å². The minimum absolute atomic E-state index is 0.0728. The molecule has 6 heteroatoms. The summed E-state index contributed by atoms with van der Waals surface area (Å²) in [5.74, 6) is -0.0744. The Labute approximate surface area is 124 Å². The van der Waals surface area contributed by atoms with Gasteiger partial charge in [-0.15, -0.1) is 0 Å². The zero-order valence-corrected chi connectivity index (χ0v) is 12.4. The number of pyridine rings is 1. The second kappa shape index (κ2) is 6.49. The van der Waals surface area contributed by atoms with Gasteiger partial charge in [-0.05, 0) is 42.8 Å². The highest BCUT2D eigenvalue weighted by molar-refractivity contribution is 7.92. The summed E-state index contributed by atoms with van der Waals surface area (Å²) in [7, 11) is -3.31. The van der Waals surface area contributed by atoms with Crippen LogP contribution in [0.3, 0.4) is 0 Å². The van der Waals surface area contributed by atoms with E-state index in [1.165, 1.54) is 6.20 Å². The van der Waals surface area contributed by atoms with E-state index in [1.807, 2.05) is 0 Å². The van der Waals surface area contributed by atoms with Gasteiger partial charge in [0.2, 0.25) is 10.0 Å². The maximum absolute atomic E-state index is 12.2.